The fraction of sp³-hybridized carbons (Fsp3) is 0.269. The Morgan fingerprint density at radius 3 is 2.31 bits per heavy atom. The van der Waals surface area contributed by atoms with Crippen molar-refractivity contribution in [1.29, 1.82) is 0 Å². The van der Waals surface area contributed by atoms with Crippen LogP contribution in [-0.4, -0.2) is 69.7 Å². The first-order valence-corrected chi connectivity index (χ1v) is 11.7. The molecule has 0 spiro atoms. The number of anilines is 1. The molecule has 1 aliphatic heterocycles. The van der Waals surface area contributed by atoms with Crippen molar-refractivity contribution in [2.45, 2.75) is 13.8 Å². The highest BCUT2D eigenvalue weighted by atomic mass is 16.5. The van der Waals surface area contributed by atoms with Crippen molar-refractivity contribution >= 4 is 17.6 Å². The van der Waals surface area contributed by atoms with Crippen LogP contribution in [0.25, 0.3) is 22.9 Å². The Balaban J connectivity index is 1.15. The largest absolute Gasteiger partial charge is 0.416 e. The van der Waals surface area contributed by atoms with Gasteiger partial charge in [-0.2, -0.15) is 0 Å². The molecular formula is C26H26N6O4. The number of nitrogens with zero attached hydrogens (tertiary/aromatic N) is 5. The summed E-state index contributed by atoms with van der Waals surface area (Å²) in [6.45, 7) is 6.31. The maximum atomic E-state index is 13.0. The molecule has 5 rings (SSSR count). The predicted octanol–water partition coefficient (Wildman–Crippen LogP) is 3.40. The Bertz CT molecular complexity index is 1370. The average molecular weight is 487 g/mol. The predicted molar refractivity (Wildman–Crippen MR) is 132 cm³/mol. The van der Waals surface area contributed by atoms with Crippen LogP contribution in [-0.2, 0) is 4.79 Å². The van der Waals surface area contributed by atoms with Gasteiger partial charge in [0, 0.05) is 48.9 Å². The van der Waals surface area contributed by atoms with Gasteiger partial charge in [-0.05, 0) is 50.2 Å². The number of piperazine rings is 1. The van der Waals surface area contributed by atoms with Crippen LogP contribution in [0.4, 0.5) is 5.82 Å². The summed E-state index contributed by atoms with van der Waals surface area (Å²) in [5, 5.41) is 14.8. The number of hydrogen-bond acceptors (Lipinski definition) is 8. The van der Waals surface area contributed by atoms with Gasteiger partial charge in [-0.3, -0.25) is 14.5 Å². The third-order valence-corrected chi connectivity index (χ3v) is 5.99. The molecule has 0 radical (unpaired) electrons. The molecule has 2 aromatic heterocycles. The first-order valence-electron chi connectivity index (χ1n) is 11.7. The zero-order chi connectivity index (χ0) is 25.1. The molecule has 10 nitrogen and oxygen atoms in total. The van der Waals surface area contributed by atoms with Gasteiger partial charge < -0.3 is 19.2 Å². The molecule has 1 N–H and O–H groups in total. The third kappa shape index (κ3) is 5.33. The van der Waals surface area contributed by atoms with E-state index in [1.165, 1.54) is 0 Å². The molecule has 0 bridgehead atoms. The van der Waals surface area contributed by atoms with E-state index in [-0.39, 0.29) is 18.4 Å². The molecule has 1 aliphatic rings. The van der Waals surface area contributed by atoms with Gasteiger partial charge in [0.05, 0.1) is 6.54 Å². The summed E-state index contributed by atoms with van der Waals surface area (Å²) in [6.07, 6.45) is 0. The van der Waals surface area contributed by atoms with E-state index in [9.17, 15) is 9.59 Å². The van der Waals surface area contributed by atoms with Crippen molar-refractivity contribution in [3.63, 3.8) is 0 Å². The van der Waals surface area contributed by atoms with E-state index in [2.05, 4.69) is 20.7 Å². The van der Waals surface area contributed by atoms with Crippen LogP contribution in [0.5, 0.6) is 0 Å². The summed E-state index contributed by atoms with van der Waals surface area (Å²) >= 11 is 0. The number of carbonyl (C=O) groups excluding carboxylic acids is 2. The number of benzene rings is 2. The lowest BCUT2D eigenvalue weighted by Crippen LogP contribution is -2.50. The summed E-state index contributed by atoms with van der Waals surface area (Å²) in [4.78, 5) is 29.0. The second-order valence-corrected chi connectivity index (χ2v) is 8.80. The van der Waals surface area contributed by atoms with E-state index in [4.69, 9.17) is 8.94 Å². The van der Waals surface area contributed by atoms with Crippen LogP contribution < -0.4 is 5.32 Å². The summed E-state index contributed by atoms with van der Waals surface area (Å²) in [5.41, 5.74) is 3.31. The van der Waals surface area contributed by atoms with Crippen LogP contribution in [0.1, 0.15) is 21.7 Å². The number of amides is 2. The highest BCUT2D eigenvalue weighted by molar-refractivity contribution is 5.95. The summed E-state index contributed by atoms with van der Waals surface area (Å²) in [7, 11) is 0. The van der Waals surface area contributed by atoms with Crippen molar-refractivity contribution in [2.75, 3.05) is 38.0 Å². The standard InChI is InChI=1S/C26H26N6O4/c1-17-4-3-5-21(14-17)25-29-28-24(35-25)19-6-8-20(9-7-19)26(34)32-12-10-31(11-13-32)16-23(33)27-22-15-18(2)36-30-22/h3-9,14-15H,10-13,16H2,1-2H3,(H,27,30,33). The number of carbonyl (C=O) groups is 2. The molecule has 10 heteroatoms. The molecule has 0 aliphatic carbocycles. The number of aromatic nitrogens is 3. The summed E-state index contributed by atoms with van der Waals surface area (Å²) < 4.78 is 10.8. The molecule has 0 unspecified atom stereocenters. The van der Waals surface area contributed by atoms with Gasteiger partial charge in [0.1, 0.15) is 5.76 Å². The van der Waals surface area contributed by atoms with Crippen molar-refractivity contribution in [2.24, 2.45) is 0 Å². The van der Waals surface area contributed by atoms with Crippen molar-refractivity contribution in [1.82, 2.24) is 25.2 Å². The van der Waals surface area contributed by atoms with Gasteiger partial charge in [-0.15, -0.1) is 10.2 Å². The topological polar surface area (TPSA) is 118 Å². The first-order chi connectivity index (χ1) is 17.4. The fourth-order valence-electron chi connectivity index (χ4n) is 4.09. The lowest BCUT2D eigenvalue weighted by Gasteiger charge is -2.34. The Kier molecular flexibility index (Phi) is 6.59. The molecule has 0 saturated carbocycles. The average Bonchev–Trinajstić information content (AvgIpc) is 3.53. The normalized spacial score (nSPS) is 14.1. The van der Waals surface area contributed by atoms with E-state index < -0.39 is 0 Å². The number of nitrogens with one attached hydrogen (secondary N) is 1. The molecule has 36 heavy (non-hydrogen) atoms. The van der Waals surface area contributed by atoms with Crippen LogP contribution in [0, 0.1) is 13.8 Å². The third-order valence-electron chi connectivity index (χ3n) is 5.99. The summed E-state index contributed by atoms with van der Waals surface area (Å²) in [5.74, 6) is 1.69. The summed E-state index contributed by atoms with van der Waals surface area (Å²) in [6, 6.07) is 16.7. The van der Waals surface area contributed by atoms with Gasteiger partial charge >= 0.3 is 0 Å². The van der Waals surface area contributed by atoms with Gasteiger partial charge in [-0.1, -0.05) is 22.9 Å². The molecular weight excluding hydrogens is 460 g/mol. The highest BCUT2D eigenvalue weighted by Gasteiger charge is 2.24. The van der Waals surface area contributed by atoms with Crippen LogP contribution in [0.2, 0.25) is 0 Å². The smallest absolute Gasteiger partial charge is 0.253 e. The van der Waals surface area contributed by atoms with Gasteiger partial charge in [-0.25, -0.2) is 0 Å². The maximum Gasteiger partial charge on any atom is 0.253 e. The van der Waals surface area contributed by atoms with E-state index in [1.807, 2.05) is 48.2 Å². The Morgan fingerprint density at radius 1 is 0.917 bits per heavy atom. The molecule has 184 valence electrons. The van der Waals surface area contributed by atoms with E-state index in [0.717, 1.165) is 16.7 Å². The van der Waals surface area contributed by atoms with Gasteiger partial charge in [0.2, 0.25) is 17.7 Å². The fourth-order valence-corrected chi connectivity index (χ4v) is 4.09. The molecule has 0 atom stereocenters. The minimum absolute atomic E-state index is 0.0466. The van der Waals surface area contributed by atoms with E-state index >= 15 is 0 Å². The zero-order valence-electron chi connectivity index (χ0n) is 20.1. The first kappa shape index (κ1) is 23.4. The maximum absolute atomic E-state index is 13.0. The number of aryl methyl sites for hydroxylation is 2. The Labute approximate surface area is 207 Å². The van der Waals surface area contributed by atoms with Crippen LogP contribution in [0.15, 0.2) is 63.5 Å². The van der Waals surface area contributed by atoms with E-state index in [0.29, 0.717) is 55.1 Å². The van der Waals surface area contributed by atoms with Crippen molar-refractivity contribution in [3.8, 4) is 22.9 Å². The van der Waals surface area contributed by atoms with Crippen LogP contribution >= 0.6 is 0 Å². The highest BCUT2D eigenvalue weighted by Crippen LogP contribution is 2.25. The SMILES string of the molecule is Cc1cccc(-c2nnc(-c3ccc(C(=O)N4CCN(CC(=O)Nc5cc(C)on5)CC4)cc3)o2)c1. The molecule has 2 amide bonds. The number of hydrogen-bond donors (Lipinski definition) is 1. The Morgan fingerprint density at radius 2 is 1.64 bits per heavy atom. The minimum atomic E-state index is -0.162. The monoisotopic (exact) mass is 486 g/mol. The molecule has 3 heterocycles. The van der Waals surface area contributed by atoms with Gasteiger partial charge in [0.25, 0.3) is 5.91 Å². The second-order valence-electron chi connectivity index (χ2n) is 8.80. The van der Waals surface area contributed by atoms with Crippen LogP contribution in [0.3, 0.4) is 0 Å². The molecule has 1 fully saturated rings. The minimum Gasteiger partial charge on any atom is -0.416 e. The second kappa shape index (κ2) is 10.1. The van der Waals surface area contributed by atoms with Gasteiger partial charge in [0.15, 0.2) is 5.82 Å². The zero-order valence-corrected chi connectivity index (χ0v) is 20.1. The lowest BCUT2D eigenvalue weighted by atomic mass is 10.1. The number of rotatable bonds is 6. The van der Waals surface area contributed by atoms with E-state index in [1.54, 1.807) is 30.0 Å². The van der Waals surface area contributed by atoms with Crippen molar-refractivity contribution < 1.29 is 18.5 Å². The Hall–Kier alpha value is -4.31. The molecule has 4 aromatic rings. The molecule has 2 aromatic carbocycles. The lowest BCUT2D eigenvalue weighted by molar-refractivity contribution is -0.117. The van der Waals surface area contributed by atoms with Crippen molar-refractivity contribution in [3.05, 3.63) is 71.5 Å². The molecule has 1 saturated heterocycles. The quantitative estimate of drug-likeness (QED) is 0.441.